The number of primary amides is 1. The number of hydrogen-bond donors (Lipinski definition) is 4. The molecule has 0 saturated heterocycles. The van der Waals surface area contributed by atoms with E-state index in [2.05, 4.69) is 5.32 Å². The first-order valence-electron chi connectivity index (χ1n) is 4.48. The van der Waals surface area contributed by atoms with Gasteiger partial charge >= 0.3 is 5.97 Å². The van der Waals surface area contributed by atoms with Crippen LogP contribution < -0.4 is 16.8 Å². The number of aliphatic carboxylic acids is 1. The van der Waals surface area contributed by atoms with E-state index in [1.54, 1.807) is 0 Å². The summed E-state index contributed by atoms with van der Waals surface area (Å²) in [7, 11) is 0. The number of hydrogen-bond acceptors (Lipinski definition) is 4. The molecule has 0 spiro atoms. The first-order valence-corrected chi connectivity index (χ1v) is 4.48. The molecule has 15 heavy (non-hydrogen) atoms. The van der Waals surface area contributed by atoms with Crippen LogP contribution in [0.15, 0.2) is 0 Å². The lowest BCUT2D eigenvalue weighted by molar-refractivity contribution is -0.137. The second kappa shape index (κ2) is 6.77. The number of carbonyl (C=O) groups is 3. The van der Waals surface area contributed by atoms with Crippen molar-refractivity contribution in [1.82, 2.24) is 5.32 Å². The van der Waals surface area contributed by atoms with E-state index in [1.807, 2.05) is 0 Å². The van der Waals surface area contributed by atoms with Gasteiger partial charge in [0.15, 0.2) is 0 Å². The van der Waals surface area contributed by atoms with Gasteiger partial charge in [0, 0.05) is 19.4 Å². The molecule has 0 aliphatic heterocycles. The number of rotatable bonds is 7. The number of amides is 2. The van der Waals surface area contributed by atoms with E-state index < -0.39 is 23.8 Å². The fraction of sp³-hybridized carbons (Fsp3) is 0.625. The SMILES string of the molecule is NC[C@@H](NC(=O)CCCC(=O)O)C(N)=O. The number of nitrogens with two attached hydrogens (primary N) is 2. The lowest BCUT2D eigenvalue weighted by Crippen LogP contribution is -2.48. The fourth-order valence-corrected chi connectivity index (χ4v) is 0.913. The zero-order valence-corrected chi connectivity index (χ0v) is 8.23. The van der Waals surface area contributed by atoms with E-state index in [9.17, 15) is 14.4 Å². The molecule has 0 aromatic carbocycles. The molecule has 7 nitrogen and oxygen atoms in total. The molecule has 6 N–H and O–H groups in total. The Kier molecular flexibility index (Phi) is 6.03. The van der Waals surface area contributed by atoms with Crippen LogP contribution in [0.25, 0.3) is 0 Å². The molecule has 86 valence electrons. The first-order chi connectivity index (χ1) is 6.97. The lowest BCUT2D eigenvalue weighted by atomic mass is 10.2. The van der Waals surface area contributed by atoms with Gasteiger partial charge in [-0.1, -0.05) is 0 Å². The minimum absolute atomic E-state index is 0.0378. The molecule has 1 atom stereocenters. The van der Waals surface area contributed by atoms with Gasteiger partial charge in [0.2, 0.25) is 11.8 Å². The third kappa shape index (κ3) is 6.44. The van der Waals surface area contributed by atoms with Gasteiger partial charge < -0.3 is 21.9 Å². The second-order valence-electron chi connectivity index (χ2n) is 3.01. The zero-order chi connectivity index (χ0) is 11.8. The Bertz CT molecular complexity index is 254. The van der Waals surface area contributed by atoms with Gasteiger partial charge in [-0.3, -0.25) is 14.4 Å². The van der Waals surface area contributed by atoms with Gasteiger partial charge in [0.05, 0.1) is 0 Å². The molecular formula is C8H15N3O4. The van der Waals surface area contributed by atoms with Crippen LogP contribution in [-0.2, 0) is 14.4 Å². The summed E-state index contributed by atoms with van der Waals surface area (Å²) in [5.74, 6) is -2.09. The summed E-state index contributed by atoms with van der Waals surface area (Å²) >= 11 is 0. The summed E-state index contributed by atoms with van der Waals surface area (Å²) in [4.78, 5) is 32.0. The van der Waals surface area contributed by atoms with E-state index in [0.717, 1.165) is 0 Å². The normalized spacial score (nSPS) is 11.8. The Morgan fingerprint density at radius 1 is 1.27 bits per heavy atom. The Hall–Kier alpha value is -1.63. The number of carbonyl (C=O) groups excluding carboxylic acids is 2. The van der Waals surface area contributed by atoms with Crippen molar-refractivity contribution >= 4 is 17.8 Å². The van der Waals surface area contributed by atoms with Crippen LogP contribution in [0.4, 0.5) is 0 Å². The Morgan fingerprint density at radius 3 is 2.27 bits per heavy atom. The smallest absolute Gasteiger partial charge is 0.303 e. The van der Waals surface area contributed by atoms with Crippen molar-refractivity contribution in [3.8, 4) is 0 Å². The number of nitrogens with one attached hydrogen (secondary N) is 1. The standard InChI is InChI=1S/C8H15N3O4/c9-4-5(8(10)15)11-6(12)2-1-3-7(13)14/h5H,1-4,9H2,(H2,10,15)(H,11,12)(H,13,14)/t5-/m1/s1. The largest absolute Gasteiger partial charge is 0.481 e. The van der Waals surface area contributed by atoms with E-state index in [-0.39, 0.29) is 25.8 Å². The predicted octanol–water partition coefficient (Wildman–Crippen LogP) is -1.83. The van der Waals surface area contributed by atoms with Crippen molar-refractivity contribution in [2.45, 2.75) is 25.3 Å². The van der Waals surface area contributed by atoms with Gasteiger partial charge in [-0.2, -0.15) is 0 Å². The van der Waals surface area contributed by atoms with E-state index in [4.69, 9.17) is 16.6 Å². The maximum Gasteiger partial charge on any atom is 0.303 e. The average molecular weight is 217 g/mol. The molecule has 0 fully saturated rings. The number of carboxylic acid groups (broad SMARTS) is 1. The van der Waals surface area contributed by atoms with Crippen LogP contribution in [-0.4, -0.2) is 35.5 Å². The van der Waals surface area contributed by atoms with E-state index >= 15 is 0 Å². The van der Waals surface area contributed by atoms with Crippen molar-refractivity contribution < 1.29 is 19.5 Å². The van der Waals surface area contributed by atoms with Crippen molar-refractivity contribution in [2.24, 2.45) is 11.5 Å². The summed E-state index contributed by atoms with van der Waals surface area (Å²) in [5.41, 5.74) is 10.1. The van der Waals surface area contributed by atoms with Gasteiger partial charge in [0.25, 0.3) is 0 Å². The quantitative estimate of drug-likeness (QED) is 0.397. The van der Waals surface area contributed by atoms with Gasteiger partial charge in [-0.25, -0.2) is 0 Å². The first kappa shape index (κ1) is 13.4. The van der Waals surface area contributed by atoms with Crippen LogP contribution in [0.2, 0.25) is 0 Å². The van der Waals surface area contributed by atoms with Crippen LogP contribution in [0.5, 0.6) is 0 Å². The summed E-state index contributed by atoms with van der Waals surface area (Å²) in [5, 5.41) is 10.6. The zero-order valence-electron chi connectivity index (χ0n) is 8.23. The molecule has 0 unspecified atom stereocenters. The molecule has 0 aliphatic carbocycles. The van der Waals surface area contributed by atoms with Crippen molar-refractivity contribution in [3.05, 3.63) is 0 Å². The maximum atomic E-state index is 11.1. The highest BCUT2D eigenvalue weighted by Gasteiger charge is 2.15. The average Bonchev–Trinajstić information content (AvgIpc) is 2.13. The summed E-state index contributed by atoms with van der Waals surface area (Å²) < 4.78 is 0. The van der Waals surface area contributed by atoms with Crippen LogP contribution in [0, 0.1) is 0 Å². The molecule has 0 aromatic heterocycles. The molecule has 0 aliphatic rings. The van der Waals surface area contributed by atoms with E-state index in [0.29, 0.717) is 0 Å². The van der Waals surface area contributed by atoms with Crippen LogP contribution >= 0.6 is 0 Å². The Labute approximate surface area is 86.8 Å². The molecule has 0 saturated carbocycles. The molecule has 0 bridgehead atoms. The van der Waals surface area contributed by atoms with E-state index in [1.165, 1.54) is 0 Å². The third-order valence-corrected chi connectivity index (χ3v) is 1.71. The van der Waals surface area contributed by atoms with Gasteiger partial charge in [-0.05, 0) is 6.42 Å². The minimum Gasteiger partial charge on any atom is -0.481 e. The lowest BCUT2D eigenvalue weighted by Gasteiger charge is -2.12. The summed E-state index contributed by atoms with van der Waals surface area (Å²) in [6.07, 6.45) is 0.171. The highest BCUT2D eigenvalue weighted by molar-refractivity contribution is 5.86. The fourth-order valence-electron chi connectivity index (χ4n) is 0.913. The number of carboxylic acids is 1. The highest BCUT2D eigenvalue weighted by Crippen LogP contribution is 1.95. The van der Waals surface area contributed by atoms with Gasteiger partial charge in [0.1, 0.15) is 6.04 Å². The summed E-state index contributed by atoms with van der Waals surface area (Å²) in [6, 6.07) is -0.887. The predicted molar refractivity (Wildman–Crippen MR) is 51.7 cm³/mol. The molecular weight excluding hydrogens is 202 g/mol. The monoisotopic (exact) mass is 217 g/mol. The minimum atomic E-state index is -0.965. The molecule has 2 amide bonds. The highest BCUT2D eigenvalue weighted by atomic mass is 16.4. The van der Waals surface area contributed by atoms with Crippen LogP contribution in [0.3, 0.4) is 0 Å². The topological polar surface area (TPSA) is 136 Å². The maximum absolute atomic E-state index is 11.1. The van der Waals surface area contributed by atoms with Gasteiger partial charge in [-0.15, -0.1) is 0 Å². The molecule has 7 heteroatoms. The second-order valence-corrected chi connectivity index (χ2v) is 3.01. The van der Waals surface area contributed by atoms with Crippen LogP contribution in [0.1, 0.15) is 19.3 Å². The molecule has 0 rings (SSSR count). The van der Waals surface area contributed by atoms with Crippen molar-refractivity contribution in [3.63, 3.8) is 0 Å². The molecule has 0 aromatic rings. The summed E-state index contributed by atoms with van der Waals surface area (Å²) in [6.45, 7) is -0.0694. The Morgan fingerprint density at radius 2 is 1.87 bits per heavy atom. The molecule has 0 heterocycles. The third-order valence-electron chi connectivity index (χ3n) is 1.71. The molecule has 0 radical (unpaired) electrons. The Balaban J connectivity index is 3.81. The van der Waals surface area contributed by atoms with Crippen molar-refractivity contribution in [2.75, 3.05) is 6.54 Å². The van der Waals surface area contributed by atoms with Crippen molar-refractivity contribution in [1.29, 1.82) is 0 Å².